The molecule has 0 spiro atoms. The molecule has 2 aromatic rings. The summed E-state index contributed by atoms with van der Waals surface area (Å²) in [4.78, 5) is 27.1. The van der Waals surface area contributed by atoms with Crippen LogP contribution in [-0.2, 0) is 24.3 Å². The van der Waals surface area contributed by atoms with Crippen LogP contribution < -0.4 is 0 Å². The van der Waals surface area contributed by atoms with Gasteiger partial charge in [0.1, 0.15) is 0 Å². The van der Waals surface area contributed by atoms with Gasteiger partial charge in [-0.2, -0.15) is 5.10 Å². The smallest absolute Gasteiger partial charge is 0.227 e. The molecule has 2 aromatic heterocycles. The molecule has 2 aliphatic rings. The average Bonchev–Trinajstić information content (AvgIpc) is 3.28. The van der Waals surface area contributed by atoms with E-state index in [0.717, 1.165) is 61.8 Å². The number of hydrogen-bond acceptors (Lipinski definition) is 5. The Labute approximate surface area is 173 Å². The maximum absolute atomic E-state index is 13.3. The molecule has 1 fully saturated rings. The van der Waals surface area contributed by atoms with Crippen molar-refractivity contribution in [2.24, 2.45) is 5.92 Å². The Hall–Kier alpha value is -2.28. The highest BCUT2D eigenvalue weighted by Gasteiger charge is 2.35. The van der Waals surface area contributed by atoms with Gasteiger partial charge in [0, 0.05) is 49.2 Å². The van der Waals surface area contributed by atoms with Crippen LogP contribution >= 0.6 is 0 Å². The molecule has 7 nitrogen and oxygen atoms in total. The zero-order valence-electron chi connectivity index (χ0n) is 18.3. The van der Waals surface area contributed by atoms with Crippen LogP contribution in [0.1, 0.15) is 59.8 Å². The Morgan fingerprint density at radius 2 is 2.07 bits per heavy atom. The molecule has 0 bridgehead atoms. The molecule has 1 amide bonds. The predicted octanol–water partition coefficient (Wildman–Crippen LogP) is 2.59. The molecule has 0 unspecified atom stereocenters. The third kappa shape index (κ3) is 3.80. The number of rotatable bonds is 4. The van der Waals surface area contributed by atoms with E-state index in [1.807, 2.05) is 29.6 Å². The van der Waals surface area contributed by atoms with Crippen molar-refractivity contribution in [3.63, 3.8) is 0 Å². The fourth-order valence-corrected chi connectivity index (χ4v) is 4.52. The van der Waals surface area contributed by atoms with Crippen LogP contribution in [0, 0.1) is 26.7 Å². The van der Waals surface area contributed by atoms with Gasteiger partial charge in [0.25, 0.3) is 0 Å². The number of carbonyl (C=O) groups is 1. The third-order valence-corrected chi connectivity index (χ3v) is 6.59. The lowest BCUT2D eigenvalue weighted by Crippen LogP contribution is -2.37. The largest absolute Gasteiger partial charge is 0.332 e. The van der Waals surface area contributed by atoms with Gasteiger partial charge < -0.3 is 9.80 Å². The quantitative estimate of drug-likeness (QED) is 0.795. The van der Waals surface area contributed by atoms with E-state index in [4.69, 9.17) is 4.98 Å². The Balaban J connectivity index is 1.50. The Morgan fingerprint density at radius 1 is 1.28 bits per heavy atom. The van der Waals surface area contributed by atoms with E-state index < -0.39 is 0 Å². The molecule has 2 aliphatic heterocycles. The van der Waals surface area contributed by atoms with Crippen molar-refractivity contribution in [1.29, 1.82) is 0 Å². The van der Waals surface area contributed by atoms with E-state index in [-0.39, 0.29) is 17.9 Å². The van der Waals surface area contributed by atoms with Crippen LogP contribution in [0.2, 0.25) is 0 Å². The second-order valence-corrected chi connectivity index (χ2v) is 8.76. The number of likely N-dealkylation sites (tertiary alicyclic amines) is 1. The molecule has 4 rings (SSSR count). The first-order valence-electron chi connectivity index (χ1n) is 10.7. The maximum Gasteiger partial charge on any atom is 0.227 e. The van der Waals surface area contributed by atoms with Crippen molar-refractivity contribution in [3.8, 4) is 0 Å². The summed E-state index contributed by atoms with van der Waals surface area (Å²) in [6.45, 7) is 11.5. The Morgan fingerprint density at radius 3 is 2.79 bits per heavy atom. The molecule has 1 saturated heterocycles. The molecule has 4 heterocycles. The van der Waals surface area contributed by atoms with Gasteiger partial charge in [-0.3, -0.25) is 9.48 Å². The van der Waals surface area contributed by atoms with Gasteiger partial charge in [-0.15, -0.1) is 0 Å². The molecular formula is C22H32N6O. The predicted molar refractivity (Wildman–Crippen MR) is 111 cm³/mol. The molecule has 156 valence electrons. The van der Waals surface area contributed by atoms with Crippen LogP contribution in [0.25, 0.3) is 0 Å². The van der Waals surface area contributed by atoms with E-state index in [2.05, 4.69) is 35.9 Å². The molecule has 0 radical (unpaired) electrons. The highest BCUT2D eigenvalue weighted by molar-refractivity contribution is 5.79. The minimum atomic E-state index is -0.126. The number of nitrogens with zero attached hydrogens (tertiary/aromatic N) is 6. The van der Waals surface area contributed by atoms with E-state index in [9.17, 15) is 4.79 Å². The zero-order chi connectivity index (χ0) is 20.7. The third-order valence-electron chi connectivity index (χ3n) is 6.59. The summed E-state index contributed by atoms with van der Waals surface area (Å²) >= 11 is 0. The molecule has 0 aromatic carbocycles. The lowest BCUT2D eigenvalue weighted by atomic mass is 10.1. The van der Waals surface area contributed by atoms with Gasteiger partial charge in [0.2, 0.25) is 5.91 Å². The lowest BCUT2D eigenvalue weighted by Gasteiger charge is -2.28. The van der Waals surface area contributed by atoms with E-state index in [1.54, 1.807) is 0 Å². The van der Waals surface area contributed by atoms with E-state index in [1.165, 1.54) is 11.1 Å². The first-order chi connectivity index (χ1) is 13.8. The van der Waals surface area contributed by atoms with Crippen molar-refractivity contribution in [2.75, 3.05) is 20.1 Å². The topological polar surface area (TPSA) is 67.2 Å². The first-order valence-corrected chi connectivity index (χ1v) is 10.7. The highest BCUT2D eigenvalue weighted by Crippen LogP contribution is 2.32. The monoisotopic (exact) mass is 396 g/mol. The number of aromatic nitrogens is 4. The summed E-state index contributed by atoms with van der Waals surface area (Å²) in [5.74, 6) is 0.867. The number of carbonyl (C=O) groups excluding carboxylic acids is 1. The van der Waals surface area contributed by atoms with Crippen LogP contribution in [0.3, 0.4) is 0 Å². The molecule has 29 heavy (non-hydrogen) atoms. The zero-order valence-corrected chi connectivity index (χ0v) is 18.3. The number of hydrogen-bond donors (Lipinski definition) is 0. The molecule has 0 saturated carbocycles. The summed E-state index contributed by atoms with van der Waals surface area (Å²) in [6, 6.07) is -0.00269. The normalized spacial score (nSPS) is 20.7. The standard InChI is InChI=1S/C22H32N6O/c1-14(12-28-17(4)15(2)16(3)25-28)22(29)27-9-6-7-20(27)21-23-11-18-13-26(5)10-8-19(18)24-21/h11,14,20H,6-10,12-13H2,1-5H3/t14-,20+/m1/s1. The van der Waals surface area contributed by atoms with Crippen LogP contribution in [-0.4, -0.2) is 55.6 Å². The minimum Gasteiger partial charge on any atom is -0.332 e. The Kier molecular flexibility index (Phi) is 5.42. The number of fused-ring (bicyclic) bond motifs is 1. The Bertz CT molecular complexity index is 920. The van der Waals surface area contributed by atoms with Crippen LogP contribution in [0.5, 0.6) is 0 Å². The highest BCUT2D eigenvalue weighted by atomic mass is 16.2. The fraction of sp³-hybridized carbons (Fsp3) is 0.636. The van der Waals surface area contributed by atoms with Crippen LogP contribution in [0.15, 0.2) is 6.20 Å². The van der Waals surface area contributed by atoms with Crippen molar-refractivity contribution >= 4 is 5.91 Å². The van der Waals surface area contributed by atoms with Crippen molar-refractivity contribution in [2.45, 2.75) is 66.1 Å². The van der Waals surface area contributed by atoms with Crippen molar-refractivity contribution in [1.82, 2.24) is 29.5 Å². The minimum absolute atomic E-state index is 0.00269. The van der Waals surface area contributed by atoms with E-state index in [0.29, 0.717) is 6.54 Å². The molecule has 0 aliphatic carbocycles. The molecule has 0 N–H and O–H groups in total. The van der Waals surface area contributed by atoms with Gasteiger partial charge >= 0.3 is 0 Å². The number of amides is 1. The summed E-state index contributed by atoms with van der Waals surface area (Å²) in [7, 11) is 2.12. The summed E-state index contributed by atoms with van der Waals surface area (Å²) < 4.78 is 1.98. The van der Waals surface area contributed by atoms with Gasteiger partial charge in [0.05, 0.1) is 24.2 Å². The molecule has 7 heteroatoms. The number of aryl methyl sites for hydroxylation is 1. The van der Waals surface area contributed by atoms with Gasteiger partial charge in [-0.1, -0.05) is 6.92 Å². The van der Waals surface area contributed by atoms with Crippen molar-refractivity contribution in [3.05, 3.63) is 40.2 Å². The molecular weight excluding hydrogens is 364 g/mol. The maximum atomic E-state index is 13.3. The second-order valence-electron chi connectivity index (χ2n) is 8.76. The molecule has 2 atom stereocenters. The van der Waals surface area contributed by atoms with Gasteiger partial charge in [-0.25, -0.2) is 9.97 Å². The average molecular weight is 397 g/mol. The fourth-order valence-electron chi connectivity index (χ4n) is 4.52. The summed E-state index contributed by atoms with van der Waals surface area (Å²) in [6.07, 6.45) is 4.87. The first kappa shape index (κ1) is 20.0. The van der Waals surface area contributed by atoms with Gasteiger partial charge in [-0.05, 0) is 46.2 Å². The van der Waals surface area contributed by atoms with E-state index >= 15 is 0 Å². The summed E-state index contributed by atoms with van der Waals surface area (Å²) in [5.41, 5.74) is 5.75. The SMILES string of the molecule is Cc1nn(C[C@@H](C)C(=O)N2CCC[C@H]2c2ncc3c(n2)CCN(C)C3)c(C)c1C. The second kappa shape index (κ2) is 7.86. The van der Waals surface area contributed by atoms with Crippen molar-refractivity contribution < 1.29 is 4.79 Å². The van der Waals surface area contributed by atoms with Crippen LogP contribution in [0.4, 0.5) is 0 Å². The lowest BCUT2D eigenvalue weighted by molar-refractivity contribution is -0.136. The van der Waals surface area contributed by atoms with Gasteiger partial charge in [0.15, 0.2) is 5.82 Å². The number of likely N-dealkylation sites (N-methyl/N-ethyl adjacent to an activating group) is 1. The summed E-state index contributed by atoms with van der Waals surface area (Å²) in [5, 5.41) is 4.61.